The maximum atomic E-state index is 5.52. The first-order valence-corrected chi connectivity index (χ1v) is 5.88. The minimum absolute atomic E-state index is 0.626. The van der Waals surface area contributed by atoms with Gasteiger partial charge in [-0.15, -0.1) is 0 Å². The highest BCUT2D eigenvalue weighted by atomic mass is 32.1. The molecule has 0 spiro atoms. The third-order valence-corrected chi connectivity index (χ3v) is 3.19. The van der Waals surface area contributed by atoms with E-state index in [1.165, 1.54) is 32.5 Å². The zero-order valence-electron chi connectivity index (χ0n) is 8.61. The van der Waals surface area contributed by atoms with Crippen LogP contribution in [0, 0.1) is 5.92 Å². The van der Waals surface area contributed by atoms with Crippen LogP contribution in [0.15, 0.2) is 0 Å². The largest absolute Gasteiger partial charge is 0.392 e. The lowest BCUT2D eigenvalue weighted by molar-refractivity contribution is 0.141. The predicted octanol–water partition coefficient (Wildman–Crippen LogP) is 0.300. The average molecular weight is 213 g/mol. The number of nitrogens with zero attached hydrogens (tertiary/aromatic N) is 2. The van der Waals surface area contributed by atoms with Crippen molar-refractivity contribution in [1.29, 1.82) is 0 Å². The van der Waals surface area contributed by atoms with E-state index < -0.39 is 0 Å². The molecule has 1 aliphatic carbocycles. The van der Waals surface area contributed by atoms with Crippen molar-refractivity contribution < 1.29 is 0 Å². The van der Waals surface area contributed by atoms with Crippen molar-refractivity contribution in [2.24, 2.45) is 11.7 Å². The Morgan fingerprint density at radius 3 is 2.21 bits per heavy atom. The third kappa shape index (κ3) is 3.19. The van der Waals surface area contributed by atoms with Gasteiger partial charge in [0.2, 0.25) is 0 Å². The Balaban J connectivity index is 1.66. The molecule has 4 heteroatoms. The molecule has 0 amide bonds. The smallest absolute Gasteiger partial charge is 0.0870 e. The molecule has 0 aromatic heterocycles. The maximum Gasteiger partial charge on any atom is 0.0870 e. The molecule has 80 valence electrons. The number of rotatable bonds is 4. The number of nitrogens with two attached hydrogens (primary N) is 1. The first-order valence-electron chi connectivity index (χ1n) is 5.47. The Kier molecular flexibility index (Phi) is 3.36. The number of thiocarbonyl (C=S) groups is 1. The van der Waals surface area contributed by atoms with Gasteiger partial charge in [0.1, 0.15) is 0 Å². The molecule has 1 saturated heterocycles. The summed E-state index contributed by atoms with van der Waals surface area (Å²) in [6.07, 6.45) is 2.90. The highest BCUT2D eigenvalue weighted by Crippen LogP contribution is 2.29. The highest BCUT2D eigenvalue weighted by Gasteiger charge is 2.26. The monoisotopic (exact) mass is 213 g/mol. The second-order valence-corrected chi connectivity index (χ2v) is 5.01. The van der Waals surface area contributed by atoms with Gasteiger partial charge in [0.05, 0.1) is 4.99 Å². The van der Waals surface area contributed by atoms with Gasteiger partial charge in [-0.3, -0.25) is 4.90 Å². The van der Waals surface area contributed by atoms with Crippen LogP contribution in [0.1, 0.15) is 12.8 Å². The Bertz CT molecular complexity index is 207. The topological polar surface area (TPSA) is 32.5 Å². The molecule has 0 aromatic carbocycles. The fourth-order valence-corrected chi connectivity index (χ4v) is 2.20. The second kappa shape index (κ2) is 4.55. The third-order valence-electron chi connectivity index (χ3n) is 3.06. The highest BCUT2D eigenvalue weighted by molar-refractivity contribution is 7.80. The van der Waals surface area contributed by atoms with Crippen molar-refractivity contribution in [3.8, 4) is 0 Å². The Labute approximate surface area is 91.2 Å². The lowest BCUT2D eigenvalue weighted by Gasteiger charge is -2.34. The molecule has 1 aliphatic heterocycles. The van der Waals surface area contributed by atoms with Gasteiger partial charge in [-0.05, 0) is 18.8 Å². The summed E-state index contributed by atoms with van der Waals surface area (Å²) in [6, 6.07) is 0. The van der Waals surface area contributed by atoms with E-state index in [0.717, 1.165) is 25.6 Å². The average Bonchev–Trinajstić information content (AvgIpc) is 2.91. The van der Waals surface area contributed by atoms with E-state index in [2.05, 4.69) is 9.80 Å². The molecule has 1 saturated carbocycles. The van der Waals surface area contributed by atoms with Crippen LogP contribution < -0.4 is 5.73 Å². The van der Waals surface area contributed by atoms with Crippen molar-refractivity contribution in [2.75, 3.05) is 39.3 Å². The lowest BCUT2D eigenvalue weighted by Crippen LogP contribution is -2.48. The van der Waals surface area contributed by atoms with Gasteiger partial charge in [0, 0.05) is 39.3 Å². The van der Waals surface area contributed by atoms with Gasteiger partial charge >= 0.3 is 0 Å². The van der Waals surface area contributed by atoms with Gasteiger partial charge in [-0.1, -0.05) is 12.2 Å². The van der Waals surface area contributed by atoms with E-state index in [-0.39, 0.29) is 0 Å². The van der Waals surface area contributed by atoms with Crippen molar-refractivity contribution >= 4 is 17.2 Å². The molecule has 2 fully saturated rings. The minimum atomic E-state index is 0.626. The fraction of sp³-hybridized carbons (Fsp3) is 0.900. The van der Waals surface area contributed by atoms with E-state index in [1.807, 2.05) is 0 Å². The van der Waals surface area contributed by atoms with E-state index in [9.17, 15) is 0 Å². The number of piperazine rings is 1. The zero-order valence-corrected chi connectivity index (χ0v) is 9.43. The van der Waals surface area contributed by atoms with Crippen molar-refractivity contribution in [1.82, 2.24) is 9.80 Å². The quantitative estimate of drug-likeness (QED) is 0.681. The molecule has 0 radical (unpaired) electrons. The molecule has 1 heterocycles. The van der Waals surface area contributed by atoms with E-state index in [1.54, 1.807) is 0 Å². The normalized spacial score (nSPS) is 25.1. The van der Waals surface area contributed by atoms with Crippen LogP contribution in [0.25, 0.3) is 0 Å². The Morgan fingerprint density at radius 2 is 1.71 bits per heavy atom. The summed E-state index contributed by atoms with van der Waals surface area (Å²) in [6.45, 7) is 6.76. The van der Waals surface area contributed by atoms with Crippen LogP contribution >= 0.6 is 12.2 Å². The molecule has 0 atom stereocenters. The molecule has 2 N–H and O–H groups in total. The summed E-state index contributed by atoms with van der Waals surface area (Å²) in [5.41, 5.74) is 5.52. The molecule has 0 bridgehead atoms. The number of hydrogen-bond donors (Lipinski definition) is 1. The van der Waals surface area contributed by atoms with Crippen molar-refractivity contribution in [3.63, 3.8) is 0 Å². The van der Waals surface area contributed by atoms with Gasteiger partial charge in [-0.2, -0.15) is 0 Å². The van der Waals surface area contributed by atoms with Gasteiger partial charge in [0.15, 0.2) is 0 Å². The molecule has 2 aliphatic rings. The second-order valence-electron chi connectivity index (χ2n) is 4.49. The minimum Gasteiger partial charge on any atom is -0.392 e. The predicted molar refractivity (Wildman–Crippen MR) is 62.4 cm³/mol. The van der Waals surface area contributed by atoms with Crippen LogP contribution in [0.2, 0.25) is 0 Å². The first-order chi connectivity index (χ1) is 6.74. The summed E-state index contributed by atoms with van der Waals surface area (Å²) in [5, 5.41) is 0. The Morgan fingerprint density at radius 1 is 1.14 bits per heavy atom. The molecular weight excluding hydrogens is 194 g/mol. The lowest BCUT2D eigenvalue weighted by atomic mass is 10.3. The molecular formula is C10H19N3S. The zero-order chi connectivity index (χ0) is 9.97. The maximum absolute atomic E-state index is 5.52. The first kappa shape index (κ1) is 10.3. The van der Waals surface area contributed by atoms with E-state index in [4.69, 9.17) is 18.0 Å². The SMILES string of the molecule is NC(=S)CN1CCN(CC2CC2)CC1. The van der Waals surface area contributed by atoms with Gasteiger partial charge in [-0.25, -0.2) is 0 Å². The van der Waals surface area contributed by atoms with Crippen LogP contribution in [-0.4, -0.2) is 54.1 Å². The molecule has 14 heavy (non-hydrogen) atoms. The van der Waals surface area contributed by atoms with Gasteiger partial charge < -0.3 is 10.6 Å². The molecule has 3 nitrogen and oxygen atoms in total. The fourth-order valence-electron chi connectivity index (χ4n) is 2.02. The molecule has 2 rings (SSSR count). The molecule has 0 unspecified atom stereocenters. The summed E-state index contributed by atoms with van der Waals surface area (Å²) >= 11 is 4.91. The number of hydrogen-bond acceptors (Lipinski definition) is 3. The Hall–Kier alpha value is -0.190. The molecule has 0 aromatic rings. The summed E-state index contributed by atoms with van der Waals surface area (Å²) in [5.74, 6) is 1.01. The van der Waals surface area contributed by atoms with Crippen LogP contribution in [-0.2, 0) is 0 Å². The summed E-state index contributed by atoms with van der Waals surface area (Å²) in [7, 11) is 0. The van der Waals surface area contributed by atoms with Gasteiger partial charge in [0.25, 0.3) is 0 Å². The summed E-state index contributed by atoms with van der Waals surface area (Å²) in [4.78, 5) is 5.56. The van der Waals surface area contributed by atoms with Crippen LogP contribution in [0.3, 0.4) is 0 Å². The van der Waals surface area contributed by atoms with Crippen LogP contribution in [0.5, 0.6) is 0 Å². The van der Waals surface area contributed by atoms with E-state index >= 15 is 0 Å². The van der Waals surface area contributed by atoms with E-state index in [0.29, 0.717) is 4.99 Å². The summed E-state index contributed by atoms with van der Waals surface area (Å²) < 4.78 is 0. The van der Waals surface area contributed by atoms with Crippen molar-refractivity contribution in [3.05, 3.63) is 0 Å². The standard InChI is InChI=1S/C10H19N3S/c11-10(14)8-13-5-3-12(4-6-13)7-9-1-2-9/h9H,1-8H2,(H2,11,14). The van der Waals surface area contributed by atoms with Crippen LogP contribution in [0.4, 0.5) is 0 Å². The van der Waals surface area contributed by atoms with Crippen molar-refractivity contribution in [2.45, 2.75) is 12.8 Å².